The van der Waals surface area contributed by atoms with E-state index in [-0.39, 0.29) is 16.9 Å². The molecule has 2 aliphatic heterocycles. The predicted octanol–water partition coefficient (Wildman–Crippen LogP) is 5.54. The average molecular weight is 347 g/mol. The van der Waals surface area contributed by atoms with Crippen LogP contribution in [0.25, 0.3) is 5.31 Å². The van der Waals surface area contributed by atoms with Crippen LogP contribution in [0.4, 0.5) is 0 Å². The molecule has 0 fully saturated rings. The number of carbonyl (C=O) groups excluding carboxylic acids is 1. The third kappa shape index (κ3) is 3.29. The first-order valence-electron chi connectivity index (χ1n) is 7.65. The SMILES string of the molecule is CC(=O)C1=CC2PC(c3ccc(Cl)cc3)=CC(C(C)(C)C)=C2O1. The lowest BCUT2D eigenvalue weighted by molar-refractivity contribution is -0.116. The van der Waals surface area contributed by atoms with Gasteiger partial charge >= 0.3 is 0 Å². The van der Waals surface area contributed by atoms with Crippen LogP contribution in [0.15, 0.2) is 53.5 Å². The van der Waals surface area contributed by atoms with Gasteiger partial charge in [0.1, 0.15) is 5.76 Å². The fourth-order valence-corrected chi connectivity index (χ4v) is 4.37. The Morgan fingerprint density at radius 1 is 1.22 bits per heavy atom. The molecule has 0 aromatic heterocycles. The molecule has 120 valence electrons. The number of rotatable bonds is 2. The summed E-state index contributed by atoms with van der Waals surface area (Å²) in [6.07, 6.45) is 4.20. The maximum Gasteiger partial charge on any atom is 0.194 e. The van der Waals surface area contributed by atoms with Gasteiger partial charge in [0.05, 0.1) is 5.66 Å². The van der Waals surface area contributed by atoms with Crippen LogP contribution in [0.3, 0.4) is 0 Å². The largest absolute Gasteiger partial charge is 0.457 e. The van der Waals surface area contributed by atoms with Gasteiger partial charge in [-0.15, -0.1) is 0 Å². The van der Waals surface area contributed by atoms with Gasteiger partial charge in [0.2, 0.25) is 0 Å². The molecule has 0 saturated heterocycles. The van der Waals surface area contributed by atoms with Crippen molar-refractivity contribution in [2.75, 3.05) is 0 Å². The number of benzene rings is 1. The molecule has 0 amide bonds. The van der Waals surface area contributed by atoms with Gasteiger partial charge in [-0.25, -0.2) is 0 Å². The number of halogens is 1. The Hall–Kier alpha value is -1.37. The molecular formula is C19H20ClO2P. The maximum absolute atomic E-state index is 11.7. The lowest BCUT2D eigenvalue weighted by Gasteiger charge is -2.29. The first-order valence-corrected chi connectivity index (χ1v) is 9.10. The molecular weight excluding hydrogens is 327 g/mol. The molecule has 2 unspecified atom stereocenters. The van der Waals surface area contributed by atoms with E-state index in [1.54, 1.807) is 6.92 Å². The zero-order chi connectivity index (χ0) is 16.8. The van der Waals surface area contributed by atoms with Crippen molar-refractivity contribution in [2.45, 2.75) is 33.4 Å². The second-order valence-corrected chi connectivity index (χ2v) is 8.79. The Bertz CT molecular complexity index is 749. The lowest BCUT2D eigenvalue weighted by atomic mass is 9.84. The highest BCUT2D eigenvalue weighted by Crippen LogP contribution is 2.52. The molecule has 1 aromatic rings. The van der Waals surface area contributed by atoms with Crippen LogP contribution in [-0.2, 0) is 9.53 Å². The van der Waals surface area contributed by atoms with Crippen LogP contribution in [0.1, 0.15) is 33.3 Å². The van der Waals surface area contributed by atoms with Crippen molar-refractivity contribution >= 4 is 31.3 Å². The molecule has 2 nitrogen and oxygen atoms in total. The standard InChI is InChI=1S/C19H20ClO2P/c1-11(21)15-10-17-18(22-15)14(19(2,3)4)9-16(23-17)12-5-7-13(20)8-6-12/h5-10,17,23H,1-4H3. The smallest absolute Gasteiger partial charge is 0.194 e. The van der Waals surface area contributed by atoms with Crippen molar-refractivity contribution in [1.29, 1.82) is 0 Å². The van der Waals surface area contributed by atoms with E-state index in [2.05, 4.69) is 39.0 Å². The van der Waals surface area contributed by atoms with Gasteiger partial charge in [-0.1, -0.05) is 53.1 Å². The van der Waals surface area contributed by atoms with Crippen LogP contribution >= 0.6 is 20.2 Å². The average Bonchev–Trinajstić information content (AvgIpc) is 2.90. The first-order chi connectivity index (χ1) is 10.8. The minimum Gasteiger partial charge on any atom is -0.457 e. The molecule has 0 aliphatic carbocycles. The highest BCUT2D eigenvalue weighted by molar-refractivity contribution is 7.52. The van der Waals surface area contributed by atoms with Gasteiger partial charge in [-0.05, 0) is 46.2 Å². The number of carbonyl (C=O) groups is 1. The number of hydrogen-bond donors (Lipinski definition) is 0. The van der Waals surface area contributed by atoms with Crippen molar-refractivity contribution in [1.82, 2.24) is 0 Å². The fraction of sp³-hybridized carbons (Fsp3) is 0.316. The van der Waals surface area contributed by atoms with Crippen LogP contribution in [0, 0.1) is 5.41 Å². The lowest BCUT2D eigenvalue weighted by Crippen LogP contribution is -2.17. The zero-order valence-electron chi connectivity index (χ0n) is 13.7. The number of hydrogen-bond acceptors (Lipinski definition) is 2. The summed E-state index contributed by atoms with van der Waals surface area (Å²) in [6, 6.07) is 7.94. The number of ketones is 1. The molecule has 2 atom stereocenters. The van der Waals surface area contributed by atoms with Gasteiger partial charge in [0.25, 0.3) is 0 Å². The van der Waals surface area contributed by atoms with Crippen molar-refractivity contribution in [3.63, 3.8) is 0 Å². The van der Waals surface area contributed by atoms with Gasteiger partial charge in [-0.3, -0.25) is 4.79 Å². The van der Waals surface area contributed by atoms with Crippen molar-refractivity contribution < 1.29 is 9.53 Å². The summed E-state index contributed by atoms with van der Waals surface area (Å²) in [4.78, 5) is 11.7. The highest BCUT2D eigenvalue weighted by Gasteiger charge is 2.35. The van der Waals surface area contributed by atoms with Crippen molar-refractivity contribution in [3.05, 3.63) is 64.1 Å². The van der Waals surface area contributed by atoms with Crippen LogP contribution in [0.2, 0.25) is 5.02 Å². The van der Waals surface area contributed by atoms with E-state index < -0.39 is 0 Å². The summed E-state index contributed by atoms with van der Waals surface area (Å²) in [5.41, 5.74) is 2.46. The van der Waals surface area contributed by atoms with Gasteiger partial charge in [0, 0.05) is 11.9 Å². The zero-order valence-corrected chi connectivity index (χ0v) is 15.5. The minimum absolute atomic E-state index is 0.0157. The summed E-state index contributed by atoms with van der Waals surface area (Å²) >= 11 is 6.00. The molecule has 2 aliphatic rings. The number of fused-ring (bicyclic) bond motifs is 1. The quantitative estimate of drug-likeness (QED) is 0.657. The van der Waals surface area contributed by atoms with Crippen LogP contribution in [-0.4, -0.2) is 11.4 Å². The number of Topliss-reactive ketones (excluding diaryl/α,β-unsaturated/α-hetero) is 1. The summed E-state index contributed by atoms with van der Waals surface area (Å²) < 4.78 is 5.90. The topological polar surface area (TPSA) is 26.3 Å². The number of allylic oxidation sites excluding steroid dienone is 4. The molecule has 1 aromatic carbocycles. The Morgan fingerprint density at radius 3 is 2.43 bits per heavy atom. The fourth-order valence-electron chi connectivity index (χ4n) is 2.77. The third-order valence-corrected chi connectivity index (χ3v) is 5.73. The highest BCUT2D eigenvalue weighted by atomic mass is 35.5. The van der Waals surface area contributed by atoms with E-state index in [1.165, 1.54) is 16.5 Å². The minimum atomic E-state index is -0.0454. The monoisotopic (exact) mass is 346 g/mol. The van der Waals surface area contributed by atoms with E-state index in [9.17, 15) is 4.79 Å². The Balaban J connectivity index is 2.06. The van der Waals surface area contributed by atoms with E-state index in [4.69, 9.17) is 16.3 Å². The Morgan fingerprint density at radius 2 is 1.87 bits per heavy atom. The van der Waals surface area contributed by atoms with Gasteiger partial charge < -0.3 is 4.74 Å². The maximum atomic E-state index is 11.7. The van der Waals surface area contributed by atoms with Crippen LogP contribution in [0.5, 0.6) is 0 Å². The van der Waals surface area contributed by atoms with Gasteiger partial charge in [-0.2, -0.15) is 0 Å². The van der Waals surface area contributed by atoms with E-state index >= 15 is 0 Å². The second-order valence-electron chi connectivity index (χ2n) is 6.90. The molecule has 3 rings (SSSR count). The second kappa shape index (κ2) is 5.92. The molecule has 0 radical (unpaired) electrons. The molecule has 0 saturated carbocycles. The molecule has 2 heterocycles. The summed E-state index contributed by atoms with van der Waals surface area (Å²) in [5, 5.41) is 2.02. The van der Waals surface area contributed by atoms with Crippen LogP contribution < -0.4 is 0 Å². The van der Waals surface area contributed by atoms with E-state index in [0.29, 0.717) is 14.3 Å². The molecule has 23 heavy (non-hydrogen) atoms. The van der Waals surface area contributed by atoms with E-state index in [0.717, 1.165) is 10.8 Å². The number of ether oxygens (including phenoxy) is 1. The van der Waals surface area contributed by atoms with Crippen molar-refractivity contribution in [3.8, 4) is 0 Å². The molecule has 0 bridgehead atoms. The Labute approximate surface area is 144 Å². The molecule has 0 spiro atoms. The summed E-state index contributed by atoms with van der Waals surface area (Å²) in [6.45, 7) is 8.07. The first kappa shape index (κ1) is 16.5. The molecule has 0 N–H and O–H groups in total. The molecule has 4 heteroatoms. The van der Waals surface area contributed by atoms with Crippen molar-refractivity contribution in [2.24, 2.45) is 5.41 Å². The predicted molar refractivity (Wildman–Crippen MR) is 97.9 cm³/mol. The van der Waals surface area contributed by atoms with E-state index in [1.807, 2.05) is 18.2 Å². The normalized spacial score (nSPS) is 21.7. The summed E-state index contributed by atoms with van der Waals surface area (Å²) in [5.74, 6) is 1.40. The van der Waals surface area contributed by atoms with Gasteiger partial charge in [0.15, 0.2) is 11.5 Å². The third-order valence-electron chi connectivity index (χ3n) is 4.00. The summed E-state index contributed by atoms with van der Waals surface area (Å²) in [7, 11) is 0.551. The Kier molecular flexibility index (Phi) is 4.25.